The number of nitrogens with zero attached hydrogens (tertiary/aromatic N) is 1. The van der Waals surface area contributed by atoms with Crippen molar-refractivity contribution in [3.8, 4) is 0 Å². The summed E-state index contributed by atoms with van der Waals surface area (Å²) in [6, 6.07) is 5.99. The molecule has 3 rings (SSSR count). The first kappa shape index (κ1) is 13.6. The Morgan fingerprint density at radius 1 is 1.40 bits per heavy atom. The number of pyridine rings is 1. The lowest BCUT2D eigenvalue weighted by atomic mass is 10.1. The molecule has 0 bridgehead atoms. The van der Waals surface area contributed by atoms with Gasteiger partial charge in [0, 0.05) is 23.0 Å². The van der Waals surface area contributed by atoms with Crippen LogP contribution in [-0.4, -0.2) is 24.7 Å². The average molecular weight is 336 g/mol. The SMILES string of the molecule is Nc1cnc2ccc(Br)cc2c1NCCOCC1CC1. The molecule has 0 saturated heterocycles. The normalized spacial score (nSPS) is 14.7. The fraction of sp³-hybridized carbons (Fsp3) is 0.400. The van der Waals surface area contributed by atoms with Crippen molar-refractivity contribution in [2.24, 2.45) is 5.92 Å². The Labute approximate surface area is 126 Å². The van der Waals surface area contributed by atoms with Crippen molar-refractivity contribution in [1.82, 2.24) is 4.98 Å². The first-order valence-corrected chi connectivity index (χ1v) is 7.68. The predicted octanol–water partition coefficient (Wildman–Crippen LogP) is 3.42. The summed E-state index contributed by atoms with van der Waals surface area (Å²) in [5.74, 6) is 0.804. The zero-order valence-corrected chi connectivity index (χ0v) is 12.8. The smallest absolute Gasteiger partial charge is 0.0743 e. The summed E-state index contributed by atoms with van der Waals surface area (Å²) in [5, 5.41) is 4.40. The summed E-state index contributed by atoms with van der Waals surface area (Å²) >= 11 is 3.49. The molecule has 0 radical (unpaired) electrons. The summed E-state index contributed by atoms with van der Waals surface area (Å²) in [4.78, 5) is 4.34. The highest BCUT2D eigenvalue weighted by Gasteiger charge is 2.20. The van der Waals surface area contributed by atoms with E-state index in [0.29, 0.717) is 12.3 Å². The topological polar surface area (TPSA) is 60.2 Å². The van der Waals surface area contributed by atoms with Crippen LogP contribution in [0.3, 0.4) is 0 Å². The molecule has 1 heterocycles. The van der Waals surface area contributed by atoms with Crippen molar-refractivity contribution in [2.75, 3.05) is 30.8 Å². The minimum atomic E-state index is 0.665. The third kappa shape index (κ3) is 3.22. The van der Waals surface area contributed by atoms with E-state index in [2.05, 4.69) is 26.2 Å². The Bertz CT molecular complexity index is 608. The molecule has 0 amide bonds. The van der Waals surface area contributed by atoms with Gasteiger partial charge in [-0.15, -0.1) is 0 Å². The summed E-state index contributed by atoms with van der Waals surface area (Å²) in [6.07, 6.45) is 4.34. The molecule has 1 saturated carbocycles. The number of hydrogen-bond acceptors (Lipinski definition) is 4. The van der Waals surface area contributed by atoms with Gasteiger partial charge in [-0.1, -0.05) is 15.9 Å². The molecule has 3 N–H and O–H groups in total. The number of hydrogen-bond donors (Lipinski definition) is 2. The Hall–Kier alpha value is -1.33. The van der Waals surface area contributed by atoms with Crippen LogP contribution in [0, 0.1) is 5.92 Å². The Morgan fingerprint density at radius 3 is 3.05 bits per heavy atom. The number of nitrogens with two attached hydrogens (primary N) is 1. The minimum absolute atomic E-state index is 0.665. The molecule has 0 atom stereocenters. The van der Waals surface area contributed by atoms with E-state index in [9.17, 15) is 0 Å². The third-order valence-corrected chi connectivity index (χ3v) is 3.95. The van der Waals surface area contributed by atoms with Crippen LogP contribution in [0.2, 0.25) is 0 Å². The maximum absolute atomic E-state index is 6.03. The highest BCUT2D eigenvalue weighted by molar-refractivity contribution is 9.10. The number of ether oxygens (including phenoxy) is 1. The summed E-state index contributed by atoms with van der Waals surface area (Å²) in [5.41, 5.74) is 8.56. The van der Waals surface area contributed by atoms with Gasteiger partial charge in [0.25, 0.3) is 0 Å². The quantitative estimate of drug-likeness (QED) is 0.794. The number of nitrogen functional groups attached to an aromatic ring is 1. The lowest BCUT2D eigenvalue weighted by molar-refractivity contribution is 0.134. The Balaban J connectivity index is 1.68. The molecule has 106 valence electrons. The van der Waals surface area contributed by atoms with Crippen LogP contribution in [-0.2, 0) is 4.74 Å². The molecule has 0 spiro atoms. The molecule has 4 nitrogen and oxygen atoms in total. The van der Waals surface area contributed by atoms with Crippen LogP contribution in [0.25, 0.3) is 10.9 Å². The summed E-state index contributed by atoms with van der Waals surface area (Å²) in [7, 11) is 0. The van der Waals surface area contributed by atoms with Gasteiger partial charge in [-0.25, -0.2) is 0 Å². The largest absolute Gasteiger partial charge is 0.396 e. The molecular formula is C15H18BrN3O. The highest BCUT2D eigenvalue weighted by atomic mass is 79.9. The van der Waals surface area contributed by atoms with Crippen molar-refractivity contribution in [3.05, 3.63) is 28.9 Å². The van der Waals surface area contributed by atoms with E-state index in [1.807, 2.05) is 18.2 Å². The molecule has 1 aromatic carbocycles. The molecule has 1 aliphatic rings. The number of fused-ring (bicyclic) bond motifs is 1. The number of halogens is 1. The molecule has 1 aromatic heterocycles. The lowest BCUT2D eigenvalue weighted by Crippen LogP contribution is -2.12. The minimum Gasteiger partial charge on any atom is -0.396 e. The summed E-state index contributed by atoms with van der Waals surface area (Å²) < 4.78 is 6.65. The molecule has 0 unspecified atom stereocenters. The van der Waals surface area contributed by atoms with E-state index >= 15 is 0 Å². The van der Waals surface area contributed by atoms with E-state index in [1.165, 1.54) is 12.8 Å². The molecule has 20 heavy (non-hydrogen) atoms. The molecule has 0 aliphatic heterocycles. The second kappa shape index (κ2) is 5.97. The maximum atomic E-state index is 6.03. The number of rotatable bonds is 6. The van der Waals surface area contributed by atoms with E-state index in [-0.39, 0.29) is 0 Å². The van der Waals surface area contributed by atoms with Crippen molar-refractivity contribution in [2.45, 2.75) is 12.8 Å². The monoisotopic (exact) mass is 335 g/mol. The summed E-state index contributed by atoms with van der Waals surface area (Å²) in [6.45, 7) is 2.34. The Kier molecular flexibility index (Phi) is 4.08. The maximum Gasteiger partial charge on any atom is 0.0743 e. The molecular weight excluding hydrogens is 318 g/mol. The van der Waals surface area contributed by atoms with E-state index in [0.717, 1.165) is 40.1 Å². The molecule has 2 aromatic rings. The average Bonchev–Trinajstić information content (AvgIpc) is 3.25. The second-order valence-electron chi connectivity index (χ2n) is 5.20. The number of anilines is 2. The first-order valence-electron chi connectivity index (χ1n) is 6.89. The van der Waals surface area contributed by atoms with Crippen molar-refractivity contribution >= 4 is 38.2 Å². The van der Waals surface area contributed by atoms with Gasteiger partial charge in [0.1, 0.15) is 0 Å². The lowest BCUT2D eigenvalue weighted by Gasteiger charge is -2.12. The van der Waals surface area contributed by atoms with Crippen LogP contribution >= 0.6 is 15.9 Å². The predicted molar refractivity (Wildman–Crippen MR) is 85.9 cm³/mol. The van der Waals surface area contributed by atoms with Crippen molar-refractivity contribution in [3.63, 3.8) is 0 Å². The number of benzene rings is 1. The van der Waals surface area contributed by atoms with Crippen LogP contribution in [0.15, 0.2) is 28.9 Å². The van der Waals surface area contributed by atoms with Gasteiger partial charge >= 0.3 is 0 Å². The van der Waals surface area contributed by atoms with Crippen LogP contribution < -0.4 is 11.1 Å². The van der Waals surface area contributed by atoms with Gasteiger partial charge in [-0.05, 0) is 37.0 Å². The standard InChI is InChI=1S/C15H18BrN3O/c16-11-3-4-14-12(7-11)15(13(17)8-19-14)18-5-6-20-9-10-1-2-10/h3-4,7-8,10H,1-2,5-6,9,17H2,(H,18,19). The highest BCUT2D eigenvalue weighted by Crippen LogP contribution is 2.30. The number of nitrogens with one attached hydrogen (secondary N) is 1. The van der Waals surface area contributed by atoms with E-state index in [4.69, 9.17) is 10.5 Å². The van der Waals surface area contributed by atoms with Gasteiger partial charge in [0.05, 0.1) is 29.7 Å². The van der Waals surface area contributed by atoms with Crippen LogP contribution in [0.1, 0.15) is 12.8 Å². The van der Waals surface area contributed by atoms with E-state index < -0.39 is 0 Å². The van der Waals surface area contributed by atoms with Gasteiger partial charge in [-0.3, -0.25) is 4.98 Å². The van der Waals surface area contributed by atoms with Crippen LogP contribution in [0.5, 0.6) is 0 Å². The van der Waals surface area contributed by atoms with Gasteiger partial charge in [-0.2, -0.15) is 0 Å². The van der Waals surface area contributed by atoms with Crippen molar-refractivity contribution < 1.29 is 4.74 Å². The van der Waals surface area contributed by atoms with Gasteiger partial charge < -0.3 is 15.8 Å². The fourth-order valence-electron chi connectivity index (χ4n) is 2.16. The van der Waals surface area contributed by atoms with Gasteiger partial charge in [0.2, 0.25) is 0 Å². The van der Waals surface area contributed by atoms with Gasteiger partial charge in [0.15, 0.2) is 0 Å². The molecule has 1 fully saturated rings. The third-order valence-electron chi connectivity index (χ3n) is 3.46. The second-order valence-corrected chi connectivity index (χ2v) is 6.11. The van der Waals surface area contributed by atoms with E-state index in [1.54, 1.807) is 6.20 Å². The fourth-order valence-corrected chi connectivity index (χ4v) is 2.52. The Morgan fingerprint density at radius 2 is 2.25 bits per heavy atom. The van der Waals surface area contributed by atoms with Crippen molar-refractivity contribution in [1.29, 1.82) is 0 Å². The molecule has 5 heteroatoms. The molecule has 1 aliphatic carbocycles. The number of aromatic nitrogens is 1. The zero-order chi connectivity index (χ0) is 13.9. The van der Waals surface area contributed by atoms with Crippen LogP contribution in [0.4, 0.5) is 11.4 Å². The zero-order valence-electron chi connectivity index (χ0n) is 11.2. The first-order chi connectivity index (χ1) is 9.74.